The highest BCUT2D eigenvalue weighted by Crippen LogP contribution is 2.27. The van der Waals surface area contributed by atoms with Gasteiger partial charge in [-0.1, -0.05) is 6.07 Å². The number of nitrogens with zero attached hydrogens (tertiary/aromatic N) is 1. The second kappa shape index (κ2) is 6.27. The third-order valence-corrected chi connectivity index (χ3v) is 2.29. The number of alkyl halides is 1. The number of ether oxygens (including phenoxy) is 3. The van der Waals surface area contributed by atoms with Crippen LogP contribution in [0.3, 0.4) is 0 Å². The monoisotopic (exact) mass is 261 g/mol. The van der Waals surface area contributed by atoms with E-state index in [9.17, 15) is 10.1 Å². The Kier molecular flexibility index (Phi) is 4.99. The lowest BCUT2D eigenvalue weighted by Crippen LogP contribution is -2.15. The number of halogens is 1. The highest BCUT2D eigenvalue weighted by molar-refractivity contribution is 6.18. The van der Waals surface area contributed by atoms with Gasteiger partial charge >= 0.3 is 5.69 Å². The zero-order valence-electron chi connectivity index (χ0n) is 9.38. The van der Waals surface area contributed by atoms with E-state index in [1.54, 1.807) is 18.2 Å². The predicted octanol–water partition coefficient (Wildman–Crippen LogP) is 2.02. The third-order valence-electron chi connectivity index (χ3n) is 2.00. The van der Waals surface area contributed by atoms with Gasteiger partial charge in [0.2, 0.25) is 0 Å². The first-order valence-corrected chi connectivity index (χ1v) is 5.12. The zero-order valence-corrected chi connectivity index (χ0v) is 10.1. The van der Waals surface area contributed by atoms with E-state index in [1.165, 1.54) is 14.2 Å². The molecule has 0 aromatic heterocycles. The Morgan fingerprint density at radius 3 is 2.53 bits per heavy atom. The predicted molar refractivity (Wildman–Crippen MR) is 61.0 cm³/mol. The van der Waals surface area contributed by atoms with E-state index in [-0.39, 0.29) is 6.61 Å². The Morgan fingerprint density at radius 1 is 1.35 bits per heavy atom. The fourth-order valence-corrected chi connectivity index (χ4v) is 1.26. The van der Waals surface area contributed by atoms with Crippen molar-refractivity contribution in [2.75, 3.05) is 14.2 Å². The quantitative estimate of drug-likeness (QED) is 0.258. The first kappa shape index (κ1) is 13.5. The Bertz CT molecular complexity index is 398. The number of methoxy groups -OCH3 is 2. The van der Waals surface area contributed by atoms with Crippen LogP contribution in [0.4, 0.5) is 0 Å². The van der Waals surface area contributed by atoms with Gasteiger partial charge in [0, 0.05) is 0 Å². The number of rotatable bonds is 6. The maximum absolute atomic E-state index is 10.2. The highest BCUT2D eigenvalue weighted by atomic mass is 35.5. The Balaban J connectivity index is 2.69. The van der Waals surface area contributed by atoms with Crippen molar-refractivity contribution in [3.8, 4) is 11.5 Å². The molecule has 0 radical (unpaired) electrons. The van der Waals surface area contributed by atoms with Crippen molar-refractivity contribution in [1.29, 1.82) is 0 Å². The van der Waals surface area contributed by atoms with Gasteiger partial charge < -0.3 is 9.47 Å². The van der Waals surface area contributed by atoms with Gasteiger partial charge in [0.25, 0.3) is 0 Å². The lowest BCUT2D eigenvalue weighted by Gasteiger charge is -2.09. The molecule has 0 saturated heterocycles. The van der Waals surface area contributed by atoms with E-state index in [2.05, 4.69) is 0 Å². The summed E-state index contributed by atoms with van der Waals surface area (Å²) in [6.45, 7) is 0.0233. The normalized spacial score (nSPS) is 11.9. The Labute approximate surface area is 103 Å². The van der Waals surface area contributed by atoms with Crippen LogP contribution in [-0.4, -0.2) is 24.8 Å². The molecule has 0 spiro atoms. The highest BCUT2D eigenvalue weighted by Gasteiger charge is 2.16. The Morgan fingerprint density at radius 2 is 2.00 bits per heavy atom. The average molecular weight is 262 g/mol. The first-order chi connectivity index (χ1) is 8.08. The number of nitro groups is 1. The standard InChI is InChI=1S/C10H12ClNO5/c1-15-8-4-3-7(5-9(8)16-2)6-17-10(11)12(13)14/h3-5,10H,6H2,1-2H3. The molecule has 94 valence electrons. The summed E-state index contributed by atoms with van der Waals surface area (Å²) in [5, 5.41) is 10.2. The van der Waals surface area contributed by atoms with Crippen molar-refractivity contribution in [2.24, 2.45) is 0 Å². The molecule has 1 unspecified atom stereocenters. The molecular weight excluding hydrogens is 250 g/mol. The minimum Gasteiger partial charge on any atom is -0.493 e. The molecule has 0 aliphatic heterocycles. The summed E-state index contributed by atoms with van der Waals surface area (Å²) in [5.41, 5.74) is -0.849. The van der Waals surface area contributed by atoms with Gasteiger partial charge in [-0.2, -0.15) is 0 Å². The summed E-state index contributed by atoms with van der Waals surface area (Å²) in [6, 6.07) is 5.07. The van der Waals surface area contributed by atoms with Crippen LogP contribution in [0, 0.1) is 10.1 Å². The van der Waals surface area contributed by atoms with Crippen LogP contribution >= 0.6 is 11.6 Å². The molecule has 0 fully saturated rings. The third kappa shape index (κ3) is 3.76. The largest absolute Gasteiger partial charge is 0.493 e. The molecule has 0 amide bonds. The second-order valence-electron chi connectivity index (χ2n) is 3.08. The van der Waals surface area contributed by atoms with Crippen molar-refractivity contribution >= 4 is 11.6 Å². The summed E-state index contributed by atoms with van der Waals surface area (Å²) in [6.07, 6.45) is 0. The van der Waals surface area contributed by atoms with Gasteiger partial charge in [-0.05, 0) is 29.3 Å². The number of hydrogen-bond donors (Lipinski definition) is 0. The molecule has 1 atom stereocenters. The van der Waals surface area contributed by atoms with E-state index in [0.717, 1.165) is 0 Å². The zero-order chi connectivity index (χ0) is 12.8. The first-order valence-electron chi connectivity index (χ1n) is 4.68. The second-order valence-corrected chi connectivity index (χ2v) is 3.45. The van der Waals surface area contributed by atoms with Gasteiger partial charge in [0.05, 0.1) is 25.7 Å². The summed E-state index contributed by atoms with van der Waals surface area (Å²) in [5.74, 6) is 1.11. The molecule has 0 N–H and O–H groups in total. The fourth-order valence-electron chi connectivity index (χ4n) is 1.20. The number of benzene rings is 1. The molecule has 1 rings (SSSR count). The average Bonchev–Trinajstić information content (AvgIpc) is 2.35. The summed E-state index contributed by atoms with van der Waals surface area (Å²) < 4.78 is 15.0. The summed E-state index contributed by atoms with van der Waals surface area (Å²) in [4.78, 5) is 9.53. The minimum atomic E-state index is -1.55. The van der Waals surface area contributed by atoms with E-state index in [1.807, 2.05) is 0 Å². The van der Waals surface area contributed by atoms with Gasteiger partial charge in [-0.3, -0.25) is 14.9 Å². The van der Waals surface area contributed by atoms with Gasteiger partial charge in [0.15, 0.2) is 11.5 Å². The maximum Gasteiger partial charge on any atom is 0.395 e. The van der Waals surface area contributed by atoms with Crippen LogP contribution in [0.15, 0.2) is 18.2 Å². The fraction of sp³-hybridized carbons (Fsp3) is 0.400. The van der Waals surface area contributed by atoms with Crippen LogP contribution < -0.4 is 9.47 Å². The molecule has 7 heteroatoms. The van der Waals surface area contributed by atoms with Gasteiger partial charge in [-0.25, -0.2) is 0 Å². The van der Waals surface area contributed by atoms with E-state index in [4.69, 9.17) is 25.8 Å². The minimum absolute atomic E-state index is 0.0233. The topological polar surface area (TPSA) is 70.8 Å². The summed E-state index contributed by atoms with van der Waals surface area (Å²) in [7, 11) is 3.03. The summed E-state index contributed by atoms with van der Waals surface area (Å²) >= 11 is 5.32. The Hall–Kier alpha value is -1.53. The molecule has 0 saturated carbocycles. The molecular formula is C10H12ClNO5. The van der Waals surface area contributed by atoms with E-state index < -0.39 is 10.6 Å². The van der Waals surface area contributed by atoms with Crippen molar-refractivity contribution in [1.82, 2.24) is 0 Å². The molecule has 0 aliphatic carbocycles. The molecule has 0 heterocycles. The van der Waals surface area contributed by atoms with Crippen molar-refractivity contribution in [3.05, 3.63) is 33.9 Å². The SMILES string of the molecule is COc1ccc(COC(Cl)[N+](=O)[O-])cc1OC. The molecule has 6 nitrogen and oxygen atoms in total. The lowest BCUT2D eigenvalue weighted by atomic mass is 10.2. The van der Waals surface area contributed by atoms with Crippen LogP contribution in [0.2, 0.25) is 0 Å². The van der Waals surface area contributed by atoms with Crippen LogP contribution in [0.1, 0.15) is 5.56 Å². The van der Waals surface area contributed by atoms with Crippen LogP contribution in [-0.2, 0) is 11.3 Å². The van der Waals surface area contributed by atoms with Gasteiger partial charge in [0.1, 0.15) is 0 Å². The lowest BCUT2D eigenvalue weighted by molar-refractivity contribution is -0.549. The van der Waals surface area contributed by atoms with E-state index >= 15 is 0 Å². The molecule has 0 bridgehead atoms. The van der Waals surface area contributed by atoms with Crippen LogP contribution in [0.5, 0.6) is 11.5 Å². The van der Waals surface area contributed by atoms with Gasteiger partial charge in [-0.15, -0.1) is 0 Å². The van der Waals surface area contributed by atoms with Crippen molar-refractivity contribution in [3.63, 3.8) is 0 Å². The molecule has 17 heavy (non-hydrogen) atoms. The van der Waals surface area contributed by atoms with Crippen molar-refractivity contribution < 1.29 is 19.1 Å². The molecule has 0 aliphatic rings. The van der Waals surface area contributed by atoms with E-state index in [0.29, 0.717) is 17.1 Å². The molecule has 1 aromatic rings. The maximum atomic E-state index is 10.2. The number of hydrogen-bond acceptors (Lipinski definition) is 5. The van der Waals surface area contributed by atoms with Crippen molar-refractivity contribution in [2.45, 2.75) is 12.3 Å². The van der Waals surface area contributed by atoms with Crippen LogP contribution in [0.25, 0.3) is 0 Å². The molecule has 1 aromatic carbocycles. The smallest absolute Gasteiger partial charge is 0.395 e.